The van der Waals surface area contributed by atoms with Gasteiger partial charge in [0.2, 0.25) is 11.8 Å². The van der Waals surface area contributed by atoms with Gasteiger partial charge in [0.15, 0.2) is 0 Å². The smallest absolute Gasteiger partial charge is 0.309 e. The van der Waals surface area contributed by atoms with Gasteiger partial charge in [-0.2, -0.15) is 0 Å². The van der Waals surface area contributed by atoms with Crippen molar-refractivity contribution >= 4 is 35.6 Å². The number of carbonyl (C=O) groups is 3. The summed E-state index contributed by atoms with van der Waals surface area (Å²) in [5.74, 6) is -0.269. The highest BCUT2D eigenvalue weighted by Gasteiger charge is 2.19. The molecule has 10 nitrogen and oxygen atoms in total. The Kier molecular flexibility index (Phi) is 12.1. The molecule has 2 amide bonds. The quantitative estimate of drug-likeness (QED) is 0.0816. The minimum absolute atomic E-state index is 0.0166. The molecule has 2 aromatic carbocycles. The lowest BCUT2D eigenvalue weighted by Crippen LogP contribution is -2.45. The van der Waals surface area contributed by atoms with Crippen LogP contribution in [-0.2, 0) is 44.3 Å². The minimum Gasteiger partial charge on any atom is -0.469 e. The number of rotatable bonds is 15. The van der Waals surface area contributed by atoms with Crippen LogP contribution >= 0.6 is 11.9 Å². The summed E-state index contributed by atoms with van der Waals surface area (Å²) in [5.41, 5.74) is 9.91. The number of pyridine rings is 1. The van der Waals surface area contributed by atoms with Crippen molar-refractivity contribution in [3.63, 3.8) is 0 Å². The number of hydrogen-bond acceptors (Lipinski definition) is 8. The summed E-state index contributed by atoms with van der Waals surface area (Å²) in [6, 6.07) is 18.0. The lowest BCUT2D eigenvalue weighted by Gasteiger charge is -2.18. The third kappa shape index (κ3) is 10.5. The van der Waals surface area contributed by atoms with E-state index in [4.69, 9.17) is 15.9 Å². The molecular formula is C29H34N6O4S. The van der Waals surface area contributed by atoms with Crippen molar-refractivity contribution in [2.75, 3.05) is 13.7 Å². The summed E-state index contributed by atoms with van der Waals surface area (Å²) >= 11 is 1.41. The SMILES string of the molecule is COC(=O)Cc1ccc(CSNC(CCc2ccncc2)C(=O)NCC(=O)NCc2ccc(C(=N)N)cc2)cc1. The van der Waals surface area contributed by atoms with E-state index in [9.17, 15) is 14.4 Å². The average molecular weight is 563 g/mol. The van der Waals surface area contributed by atoms with Crippen LogP contribution in [0.2, 0.25) is 0 Å². The summed E-state index contributed by atoms with van der Waals surface area (Å²) in [5, 5.41) is 13.0. The van der Waals surface area contributed by atoms with Gasteiger partial charge in [-0.05, 0) is 47.2 Å². The molecular weight excluding hydrogens is 528 g/mol. The van der Waals surface area contributed by atoms with E-state index < -0.39 is 6.04 Å². The molecule has 0 saturated carbocycles. The van der Waals surface area contributed by atoms with Crippen LogP contribution in [0.5, 0.6) is 0 Å². The van der Waals surface area contributed by atoms with Gasteiger partial charge in [0.1, 0.15) is 5.84 Å². The number of nitrogens with zero attached hydrogens (tertiary/aromatic N) is 1. The Bertz CT molecular complexity index is 1270. The number of carbonyl (C=O) groups excluding carboxylic acids is 3. The van der Waals surface area contributed by atoms with Gasteiger partial charge in [0.25, 0.3) is 0 Å². The van der Waals surface area contributed by atoms with E-state index in [1.54, 1.807) is 36.7 Å². The molecule has 1 unspecified atom stereocenters. The molecule has 0 fully saturated rings. The van der Waals surface area contributed by atoms with Crippen LogP contribution in [0.15, 0.2) is 73.1 Å². The van der Waals surface area contributed by atoms with Crippen LogP contribution in [0.3, 0.4) is 0 Å². The largest absolute Gasteiger partial charge is 0.469 e. The van der Waals surface area contributed by atoms with Crippen molar-refractivity contribution in [1.29, 1.82) is 5.41 Å². The number of methoxy groups -OCH3 is 1. The third-order valence-corrected chi connectivity index (χ3v) is 6.96. The summed E-state index contributed by atoms with van der Waals surface area (Å²) in [4.78, 5) is 40.9. The van der Waals surface area contributed by atoms with Crippen molar-refractivity contribution in [2.24, 2.45) is 5.73 Å². The number of aromatic nitrogens is 1. The maximum Gasteiger partial charge on any atom is 0.309 e. The zero-order valence-electron chi connectivity index (χ0n) is 22.3. The highest BCUT2D eigenvalue weighted by Crippen LogP contribution is 2.14. The molecule has 1 heterocycles. The van der Waals surface area contributed by atoms with Gasteiger partial charge in [-0.3, -0.25) is 29.5 Å². The second-order valence-corrected chi connectivity index (χ2v) is 9.84. The Balaban J connectivity index is 1.49. The van der Waals surface area contributed by atoms with Crippen LogP contribution < -0.4 is 21.1 Å². The molecule has 1 atom stereocenters. The molecule has 0 aliphatic carbocycles. The summed E-state index contributed by atoms with van der Waals surface area (Å²) in [6.45, 7) is 0.148. The lowest BCUT2D eigenvalue weighted by molar-refractivity contribution is -0.139. The first-order chi connectivity index (χ1) is 19.3. The zero-order chi connectivity index (χ0) is 28.7. The van der Waals surface area contributed by atoms with Crippen molar-refractivity contribution in [1.82, 2.24) is 20.3 Å². The van der Waals surface area contributed by atoms with Crippen LogP contribution in [0.4, 0.5) is 0 Å². The predicted octanol–water partition coefficient (Wildman–Crippen LogP) is 2.25. The standard InChI is InChI=1S/C29H34N6O4S/c1-39-27(37)16-21-2-4-23(5-3-21)19-40-35-25(11-8-20-12-14-32-15-13-20)29(38)34-18-26(36)33-17-22-6-9-24(10-7-22)28(30)31/h2-7,9-10,12-15,25,35H,8,11,16-19H2,1H3,(H3,30,31)(H,33,36)(H,34,38). The fraction of sp³-hybridized carbons (Fsp3) is 0.276. The number of amidine groups is 1. The van der Waals surface area contributed by atoms with E-state index in [1.807, 2.05) is 36.4 Å². The third-order valence-electron chi connectivity index (χ3n) is 6.03. The summed E-state index contributed by atoms with van der Waals surface area (Å²) < 4.78 is 7.95. The number of esters is 1. The molecule has 11 heteroatoms. The second kappa shape index (κ2) is 16.0. The van der Waals surface area contributed by atoms with E-state index in [2.05, 4.69) is 20.3 Å². The zero-order valence-corrected chi connectivity index (χ0v) is 23.1. The van der Waals surface area contributed by atoms with E-state index in [-0.39, 0.29) is 36.6 Å². The van der Waals surface area contributed by atoms with Gasteiger partial charge in [-0.1, -0.05) is 60.5 Å². The highest BCUT2D eigenvalue weighted by atomic mass is 32.2. The Hall–Kier alpha value is -4.22. The highest BCUT2D eigenvalue weighted by molar-refractivity contribution is 7.96. The van der Waals surface area contributed by atoms with Crippen LogP contribution in [-0.4, -0.2) is 48.3 Å². The van der Waals surface area contributed by atoms with Crippen LogP contribution in [0.25, 0.3) is 0 Å². The molecule has 1 aromatic heterocycles. The number of aryl methyl sites for hydroxylation is 1. The number of benzene rings is 2. The maximum atomic E-state index is 13.0. The molecule has 40 heavy (non-hydrogen) atoms. The molecule has 0 aliphatic rings. The molecule has 0 radical (unpaired) electrons. The molecule has 0 spiro atoms. The Morgan fingerprint density at radius 3 is 2.23 bits per heavy atom. The average Bonchev–Trinajstić information content (AvgIpc) is 2.98. The van der Waals surface area contributed by atoms with E-state index in [0.29, 0.717) is 30.7 Å². The summed E-state index contributed by atoms with van der Waals surface area (Å²) in [6.07, 6.45) is 4.85. The lowest BCUT2D eigenvalue weighted by atomic mass is 10.1. The van der Waals surface area contributed by atoms with Gasteiger partial charge in [-0.15, -0.1) is 0 Å². The van der Waals surface area contributed by atoms with Gasteiger partial charge >= 0.3 is 5.97 Å². The number of nitrogens with two attached hydrogens (primary N) is 1. The van der Waals surface area contributed by atoms with Crippen LogP contribution in [0, 0.1) is 5.41 Å². The van der Waals surface area contributed by atoms with Gasteiger partial charge in [0.05, 0.1) is 26.1 Å². The Morgan fingerprint density at radius 1 is 0.925 bits per heavy atom. The molecule has 3 aromatic rings. The Morgan fingerprint density at radius 2 is 1.57 bits per heavy atom. The van der Waals surface area contributed by atoms with Gasteiger partial charge in [-0.25, -0.2) is 0 Å². The molecule has 0 aliphatic heterocycles. The molecule has 0 saturated heterocycles. The monoisotopic (exact) mass is 562 g/mol. The first kappa shape index (κ1) is 30.3. The predicted molar refractivity (Wildman–Crippen MR) is 155 cm³/mol. The van der Waals surface area contributed by atoms with E-state index in [0.717, 1.165) is 22.3 Å². The van der Waals surface area contributed by atoms with Gasteiger partial charge in [0, 0.05) is 30.3 Å². The number of hydrogen-bond donors (Lipinski definition) is 5. The first-order valence-corrected chi connectivity index (χ1v) is 13.7. The van der Waals surface area contributed by atoms with Crippen molar-refractivity contribution in [3.8, 4) is 0 Å². The molecule has 210 valence electrons. The maximum absolute atomic E-state index is 13.0. The summed E-state index contributed by atoms with van der Waals surface area (Å²) in [7, 11) is 1.37. The topological polar surface area (TPSA) is 159 Å². The number of amides is 2. The fourth-order valence-electron chi connectivity index (χ4n) is 3.68. The van der Waals surface area contributed by atoms with Gasteiger partial charge < -0.3 is 21.1 Å². The van der Waals surface area contributed by atoms with Crippen molar-refractivity contribution < 1.29 is 19.1 Å². The van der Waals surface area contributed by atoms with Crippen LogP contribution in [0.1, 0.15) is 34.2 Å². The second-order valence-electron chi connectivity index (χ2n) is 9.03. The first-order valence-electron chi connectivity index (χ1n) is 12.7. The Labute approximate surface area is 238 Å². The minimum atomic E-state index is -0.524. The molecule has 6 N–H and O–H groups in total. The van der Waals surface area contributed by atoms with E-state index in [1.165, 1.54) is 19.1 Å². The fourth-order valence-corrected chi connectivity index (χ4v) is 4.55. The number of nitrogens with one attached hydrogen (secondary N) is 4. The normalized spacial score (nSPS) is 11.3. The number of ether oxygens (including phenoxy) is 1. The van der Waals surface area contributed by atoms with Crippen molar-refractivity contribution in [3.05, 3.63) is 101 Å². The molecule has 0 bridgehead atoms. The molecule has 3 rings (SSSR count). The van der Waals surface area contributed by atoms with E-state index >= 15 is 0 Å². The van der Waals surface area contributed by atoms with Crippen molar-refractivity contribution in [2.45, 2.75) is 37.6 Å². The number of nitrogen functional groups attached to an aromatic ring is 1.